The Kier molecular flexibility index (Phi) is 6.47. The van der Waals surface area contributed by atoms with Crippen LogP contribution in [0.5, 0.6) is 11.5 Å². The van der Waals surface area contributed by atoms with Crippen molar-refractivity contribution >= 4 is 56.8 Å². The molecule has 0 bridgehead atoms. The molecule has 0 amide bonds. The molecule has 0 heterocycles. The molecule has 0 unspecified atom stereocenters. The predicted molar refractivity (Wildman–Crippen MR) is 151 cm³/mol. The Labute approximate surface area is 207 Å². The fourth-order valence-electron chi connectivity index (χ4n) is 4.42. The number of carbonyl (C=O) groups is 1. The molecule has 0 fully saturated rings. The summed E-state index contributed by atoms with van der Waals surface area (Å²) in [5, 5.41) is 3.98. The average molecular weight is 492 g/mol. The van der Waals surface area contributed by atoms with Gasteiger partial charge in [-0.05, 0) is 53.2 Å². The topological polar surface area (TPSA) is 35.5 Å². The van der Waals surface area contributed by atoms with E-state index in [9.17, 15) is 4.79 Å². The lowest BCUT2D eigenvalue weighted by Crippen LogP contribution is -2.05. The van der Waals surface area contributed by atoms with E-state index >= 15 is 0 Å². The maximum atomic E-state index is 13.8. The van der Waals surface area contributed by atoms with Gasteiger partial charge in [0.1, 0.15) is 22.6 Å². The first-order valence-corrected chi connectivity index (χ1v) is 13.1. The van der Waals surface area contributed by atoms with E-state index in [1.165, 1.54) is 0 Å². The van der Waals surface area contributed by atoms with Crippen molar-refractivity contribution in [2.24, 2.45) is 0 Å². The molecule has 0 N–H and O–H groups in total. The second-order valence-electron chi connectivity index (χ2n) is 8.15. The highest BCUT2D eigenvalue weighted by molar-refractivity contribution is 7.31. The van der Waals surface area contributed by atoms with E-state index in [2.05, 4.69) is 24.7 Å². The summed E-state index contributed by atoms with van der Waals surface area (Å²) in [6.07, 6.45) is 7.76. The van der Waals surface area contributed by atoms with Gasteiger partial charge in [0.2, 0.25) is 0 Å². The minimum atomic E-state index is -0.103. The van der Waals surface area contributed by atoms with Gasteiger partial charge in [-0.15, -0.1) is 0 Å². The second kappa shape index (κ2) is 9.84. The van der Waals surface area contributed by atoms with Crippen LogP contribution in [0.3, 0.4) is 0 Å². The summed E-state index contributed by atoms with van der Waals surface area (Å²) < 4.78 is 12.1. The van der Waals surface area contributed by atoms with Gasteiger partial charge in [-0.3, -0.25) is 4.79 Å². The number of benzene rings is 5. The number of hydrogen-bond donors (Lipinski definition) is 0. The molecule has 3 nitrogen and oxygen atoms in total. The fourth-order valence-corrected chi connectivity index (χ4v) is 5.03. The molecule has 0 aliphatic heterocycles. The van der Waals surface area contributed by atoms with Gasteiger partial charge in [-0.2, -0.15) is 0 Å². The molecular formula is C30H22O3P2. The van der Waals surface area contributed by atoms with Gasteiger partial charge in [0.15, 0.2) is 11.5 Å². The van der Waals surface area contributed by atoms with Crippen molar-refractivity contribution < 1.29 is 13.8 Å². The van der Waals surface area contributed by atoms with Gasteiger partial charge >= 0.3 is 0 Å². The Morgan fingerprint density at radius 2 is 1.34 bits per heavy atom. The van der Waals surface area contributed by atoms with Gasteiger partial charge in [0, 0.05) is 16.7 Å². The van der Waals surface area contributed by atoms with Crippen LogP contribution >= 0.6 is 16.9 Å². The molecule has 0 aromatic heterocycles. The van der Waals surface area contributed by atoms with E-state index in [0.717, 1.165) is 38.2 Å². The smallest absolute Gasteiger partial charge is 0.196 e. The Balaban J connectivity index is 1.92. The van der Waals surface area contributed by atoms with Crippen molar-refractivity contribution in [1.29, 1.82) is 0 Å². The monoisotopic (exact) mass is 492 g/mol. The van der Waals surface area contributed by atoms with Crippen LogP contribution in [-0.2, 0) is 0 Å². The van der Waals surface area contributed by atoms with Gasteiger partial charge < -0.3 is 9.05 Å². The summed E-state index contributed by atoms with van der Waals surface area (Å²) >= 11 is 0. The van der Waals surface area contributed by atoms with E-state index in [4.69, 9.17) is 9.05 Å². The van der Waals surface area contributed by atoms with E-state index in [0.29, 0.717) is 39.5 Å². The average Bonchev–Trinajstić information content (AvgIpc) is 2.89. The van der Waals surface area contributed by atoms with Gasteiger partial charge in [0.05, 0.1) is 5.56 Å². The standard InChI is InChI=1S/C30H22O3P2/c1-19-12-14-21(15-13-19)29(31)25-18-22-9-5-7-11-24(22)28(30(25)33-35-3)27-23-10-6-4-8-20(23)16-17-26(27)32-34-2/h4-18H,2-3H2,1H3. The molecule has 5 heteroatoms. The number of fused-ring (bicyclic) bond motifs is 2. The third kappa shape index (κ3) is 4.26. The highest BCUT2D eigenvalue weighted by atomic mass is 31.1. The maximum absolute atomic E-state index is 13.8. The molecule has 0 aliphatic rings. The minimum Gasteiger partial charge on any atom is -0.439 e. The summed E-state index contributed by atoms with van der Waals surface area (Å²) in [6, 6.07) is 29.6. The molecule has 0 radical (unpaired) electrons. The van der Waals surface area contributed by atoms with Crippen LogP contribution in [0.15, 0.2) is 91.0 Å². The molecule has 0 saturated carbocycles. The Hall–Kier alpha value is -3.77. The first-order chi connectivity index (χ1) is 17.1. The molecular weight excluding hydrogens is 470 g/mol. The zero-order valence-electron chi connectivity index (χ0n) is 19.2. The van der Waals surface area contributed by atoms with Crippen molar-refractivity contribution in [3.63, 3.8) is 0 Å². The summed E-state index contributed by atoms with van der Waals surface area (Å²) in [5.41, 5.74) is 3.87. The molecule has 0 aliphatic carbocycles. The molecule has 0 spiro atoms. The summed E-state index contributed by atoms with van der Waals surface area (Å²) in [5.74, 6) is 1.07. The van der Waals surface area contributed by atoms with E-state index in [-0.39, 0.29) is 5.78 Å². The molecule has 5 aromatic carbocycles. The van der Waals surface area contributed by atoms with E-state index < -0.39 is 0 Å². The zero-order chi connectivity index (χ0) is 24.4. The lowest BCUT2D eigenvalue weighted by molar-refractivity contribution is 0.103. The van der Waals surface area contributed by atoms with Gasteiger partial charge in [-0.1, -0.05) is 84.4 Å². The largest absolute Gasteiger partial charge is 0.439 e. The van der Waals surface area contributed by atoms with E-state index in [1.54, 1.807) is 0 Å². The Bertz CT molecular complexity index is 1600. The Morgan fingerprint density at radius 3 is 2.03 bits per heavy atom. The number of hydrogen-bond acceptors (Lipinski definition) is 3. The predicted octanol–water partition coefficient (Wildman–Crippen LogP) is 8.54. The van der Waals surface area contributed by atoms with Crippen LogP contribution in [0.2, 0.25) is 0 Å². The van der Waals surface area contributed by atoms with Crippen molar-refractivity contribution in [3.05, 3.63) is 108 Å². The summed E-state index contributed by atoms with van der Waals surface area (Å²) in [6.45, 7) is 2.00. The maximum Gasteiger partial charge on any atom is 0.196 e. The van der Waals surface area contributed by atoms with Crippen molar-refractivity contribution in [2.75, 3.05) is 0 Å². The molecule has 35 heavy (non-hydrogen) atoms. The second-order valence-corrected chi connectivity index (χ2v) is 9.03. The van der Waals surface area contributed by atoms with Crippen molar-refractivity contribution in [1.82, 2.24) is 0 Å². The number of carbonyl (C=O) groups excluding carboxylic acids is 1. The molecule has 5 aromatic rings. The third-order valence-electron chi connectivity index (χ3n) is 6.02. The number of ketones is 1. The molecule has 5 rings (SSSR count). The summed E-state index contributed by atoms with van der Waals surface area (Å²) in [7, 11) is 0.966. The van der Waals surface area contributed by atoms with Crippen LogP contribution in [0.1, 0.15) is 21.5 Å². The SMILES string of the molecule is C=POc1ccc2ccccc2c1-c1c(OP=C)c(C(=O)c2ccc(C)cc2)cc2ccccc12. The zero-order valence-corrected chi connectivity index (χ0v) is 21.0. The lowest BCUT2D eigenvalue weighted by atomic mass is 9.88. The van der Waals surface area contributed by atoms with Crippen LogP contribution in [0, 0.1) is 6.92 Å². The Morgan fingerprint density at radius 1 is 0.714 bits per heavy atom. The van der Waals surface area contributed by atoms with Crippen LogP contribution in [-0.4, -0.2) is 18.4 Å². The van der Waals surface area contributed by atoms with Gasteiger partial charge in [0.25, 0.3) is 0 Å². The molecule has 170 valence electrons. The van der Waals surface area contributed by atoms with Crippen LogP contribution in [0.4, 0.5) is 0 Å². The first-order valence-electron chi connectivity index (χ1n) is 11.1. The highest BCUT2D eigenvalue weighted by Crippen LogP contribution is 2.48. The third-order valence-corrected chi connectivity index (χ3v) is 6.66. The first kappa shape index (κ1) is 23.0. The molecule has 0 saturated heterocycles. The van der Waals surface area contributed by atoms with Crippen LogP contribution < -0.4 is 9.05 Å². The molecule has 0 atom stereocenters. The lowest BCUT2D eigenvalue weighted by Gasteiger charge is -2.19. The van der Waals surface area contributed by atoms with Crippen molar-refractivity contribution in [3.8, 4) is 22.6 Å². The summed E-state index contributed by atoms with van der Waals surface area (Å²) in [4.78, 5) is 13.8. The number of rotatable bonds is 7. The van der Waals surface area contributed by atoms with Gasteiger partial charge in [-0.25, -0.2) is 0 Å². The van der Waals surface area contributed by atoms with Crippen molar-refractivity contribution in [2.45, 2.75) is 6.92 Å². The fraction of sp³-hybridized carbons (Fsp3) is 0.0333. The quantitative estimate of drug-likeness (QED) is 0.169. The van der Waals surface area contributed by atoms with E-state index in [1.807, 2.05) is 85.8 Å². The minimum absolute atomic E-state index is 0.103. The highest BCUT2D eigenvalue weighted by Gasteiger charge is 2.25. The number of aryl methyl sites for hydroxylation is 1. The normalized spacial score (nSPS) is 11.2. The van der Waals surface area contributed by atoms with Crippen LogP contribution in [0.25, 0.3) is 32.7 Å².